The van der Waals surface area contributed by atoms with E-state index in [1.807, 2.05) is 19.1 Å². The highest BCUT2D eigenvalue weighted by Crippen LogP contribution is 2.22. The molecular formula is C13H18ClNO3S. The second-order valence-corrected chi connectivity index (χ2v) is 6.35. The maximum Gasteiger partial charge on any atom is 0.223 e. The Bertz CT molecular complexity index is 453. The Morgan fingerprint density at radius 1 is 1.47 bits per heavy atom. The number of hydrogen-bond acceptors (Lipinski definition) is 3. The van der Waals surface area contributed by atoms with E-state index in [1.54, 1.807) is 18.4 Å². The number of ether oxygens (including phenoxy) is 1. The molecule has 0 fully saturated rings. The lowest BCUT2D eigenvalue weighted by atomic mass is 10.3. The van der Waals surface area contributed by atoms with E-state index in [-0.39, 0.29) is 24.2 Å². The van der Waals surface area contributed by atoms with Crippen LogP contribution < -0.4 is 10.1 Å². The molecule has 1 amide bonds. The van der Waals surface area contributed by atoms with E-state index < -0.39 is 10.8 Å². The van der Waals surface area contributed by atoms with Gasteiger partial charge in [0.2, 0.25) is 5.91 Å². The molecule has 1 aromatic rings. The van der Waals surface area contributed by atoms with Gasteiger partial charge in [-0.25, -0.2) is 0 Å². The van der Waals surface area contributed by atoms with Gasteiger partial charge in [0.15, 0.2) is 0 Å². The van der Waals surface area contributed by atoms with Crippen molar-refractivity contribution in [3.63, 3.8) is 0 Å². The van der Waals surface area contributed by atoms with E-state index in [4.69, 9.17) is 16.3 Å². The molecule has 0 aliphatic rings. The lowest BCUT2D eigenvalue weighted by Gasteiger charge is -2.11. The van der Waals surface area contributed by atoms with Gasteiger partial charge in [0.1, 0.15) is 5.75 Å². The third-order valence-corrected chi connectivity index (χ3v) is 4.19. The third kappa shape index (κ3) is 6.07. The van der Waals surface area contributed by atoms with E-state index in [2.05, 4.69) is 5.32 Å². The van der Waals surface area contributed by atoms with Crippen LogP contribution in [0.4, 0.5) is 0 Å². The van der Waals surface area contributed by atoms with Crippen molar-refractivity contribution in [2.45, 2.75) is 18.6 Å². The molecule has 19 heavy (non-hydrogen) atoms. The van der Waals surface area contributed by atoms with Crippen LogP contribution >= 0.6 is 11.6 Å². The molecule has 6 heteroatoms. The van der Waals surface area contributed by atoms with Crippen molar-refractivity contribution in [1.82, 2.24) is 5.32 Å². The van der Waals surface area contributed by atoms with Crippen LogP contribution in [0.25, 0.3) is 0 Å². The van der Waals surface area contributed by atoms with Crippen LogP contribution in [-0.2, 0) is 15.6 Å². The van der Waals surface area contributed by atoms with Gasteiger partial charge in [0.05, 0.1) is 18.1 Å². The van der Waals surface area contributed by atoms with Crippen molar-refractivity contribution in [2.75, 3.05) is 19.4 Å². The van der Waals surface area contributed by atoms with Gasteiger partial charge >= 0.3 is 0 Å². The zero-order valence-electron chi connectivity index (χ0n) is 11.0. The molecule has 0 saturated heterocycles. The fourth-order valence-corrected chi connectivity index (χ4v) is 1.79. The summed E-state index contributed by atoms with van der Waals surface area (Å²) < 4.78 is 16.5. The summed E-state index contributed by atoms with van der Waals surface area (Å²) in [7, 11) is -0.929. The molecule has 0 radical (unpaired) electrons. The molecule has 0 spiro atoms. The molecule has 2 atom stereocenters. The van der Waals surface area contributed by atoms with Crippen molar-refractivity contribution in [2.24, 2.45) is 0 Å². The minimum absolute atomic E-state index is 0.0477. The summed E-state index contributed by atoms with van der Waals surface area (Å²) in [6.07, 6.45) is 1.87. The van der Waals surface area contributed by atoms with E-state index in [9.17, 15) is 9.00 Å². The van der Waals surface area contributed by atoms with Gasteiger partial charge in [-0.1, -0.05) is 23.7 Å². The van der Waals surface area contributed by atoms with Crippen LogP contribution in [0.2, 0.25) is 5.02 Å². The molecule has 0 heterocycles. The standard InChI is InChI=1S/C13H18ClNO3S/c1-10(19(2)17)9-15-13(16)7-8-18-12-6-4-3-5-11(12)14/h3-6,10H,7-9H2,1-2H3,(H,15,16). The Morgan fingerprint density at radius 2 is 2.16 bits per heavy atom. The fourth-order valence-electron chi connectivity index (χ4n) is 1.28. The molecule has 1 aromatic carbocycles. The second-order valence-electron chi connectivity index (χ2n) is 4.14. The molecule has 0 aliphatic carbocycles. The summed E-state index contributed by atoms with van der Waals surface area (Å²) >= 11 is 5.92. The van der Waals surface area contributed by atoms with Crippen LogP contribution in [0, 0.1) is 0 Å². The molecular weight excluding hydrogens is 286 g/mol. The zero-order chi connectivity index (χ0) is 14.3. The first-order valence-electron chi connectivity index (χ1n) is 5.97. The van der Waals surface area contributed by atoms with Crippen molar-refractivity contribution < 1.29 is 13.7 Å². The SMILES string of the molecule is CC(CNC(=O)CCOc1ccccc1Cl)S(C)=O. The van der Waals surface area contributed by atoms with Gasteiger partial charge < -0.3 is 10.1 Å². The number of amides is 1. The summed E-state index contributed by atoms with van der Waals surface area (Å²) in [5.74, 6) is 0.448. The number of carbonyl (C=O) groups is 1. The second kappa shape index (κ2) is 8.17. The van der Waals surface area contributed by atoms with E-state index in [1.165, 1.54) is 0 Å². The van der Waals surface area contributed by atoms with Crippen LogP contribution in [0.3, 0.4) is 0 Å². The Kier molecular flexibility index (Phi) is 6.87. The van der Waals surface area contributed by atoms with Crippen LogP contribution in [0.5, 0.6) is 5.75 Å². The van der Waals surface area contributed by atoms with Crippen molar-refractivity contribution in [3.05, 3.63) is 29.3 Å². The van der Waals surface area contributed by atoms with Crippen molar-refractivity contribution in [1.29, 1.82) is 0 Å². The lowest BCUT2D eigenvalue weighted by molar-refractivity contribution is -0.121. The first-order chi connectivity index (χ1) is 9.00. The van der Waals surface area contributed by atoms with E-state index >= 15 is 0 Å². The smallest absolute Gasteiger partial charge is 0.223 e. The maximum atomic E-state index is 11.5. The Morgan fingerprint density at radius 3 is 2.79 bits per heavy atom. The first-order valence-corrected chi connectivity index (χ1v) is 7.97. The molecule has 0 bridgehead atoms. The highest BCUT2D eigenvalue weighted by molar-refractivity contribution is 7.84. The molecule has 1 N–H and O–H groups in total. The maximum absolute atomic E-state index is 11.5. The molecule has 1 rings (SSSR count). The zero-order valence-corrected chi connectivity index (χ0v) is 12.6. The normalized spacial score (nSPS) is 13.6. The van der Waals surface area contributed by atoms with Crippen molar-refractivity contribution in [3.8, 4) is 5.75 Å². The number of carbonyl (C=O) groups excluding carboxylic acids is 1. The quantitative estimate of drug-likeness (QED) is 0.838. The van der Waals surface area contributed by atoms with Gasteiger partial charge in [-0.05, 0) is 19.1 Å². The lowest BCUT2D eigenvalue weighted by Crippen LogP contribution is -2.33. The highest BCUT2D eigenvalue weighted by Gasteiger charge is 2.08. The predicted octanol–water partition coefficient (Wildman–Crippen LogP) is 1.99. The van der Waals surface area contributed by atoms with Crippen LogP contribution in [0.15, 0.2) is 24.3 Å². The highest BCUT2D eigenvalue weighted by atomic mass is 35.5. The van der Waals surface area contributed by atoms with E-state index in [0.29, 0.717) is 17.3 Å². The molecule has 0 aromatic heterocycles. The first kappa shape index (κ1) is 16.0. The number of hydrogen-bond donors (Lipinski definition) is 1. The Hall–Kier alpha value is -1.07. The number of rotatable bonds is 7. The van der Waals surface area contributed by atoms with Crippen molar-refractivity contribution >= 4 is 28.3 Å². The summed E-state index contributed by atoms with van der Waals surface area (Å²) in [5.41, 5.74) is 0. The van der Waals surface area contributed by atoms with Gasteiger partial charge in [-0.3, -0.25) is 9.00 Å². The minimum Gasteiger partial charge on any atom is -0.491 e. The Labute approximate surface area is 120 Å². The number of para-hydroxylation sites is 1. The number of nitrogens with one attached hydrogen (secondary N) is 1. The van der Waals surface area contributed by atoms with Crippen LogP contribution in [0.1, 0.15) is 13.3 Å². The third-order valence-electron chi connectivity index (χ3n) is 2.58. The van der Waals surface area contributed by atoms with Gasteiger partial charge in [0, 0.05) is 28.9 Å². The molecule has 0 aliphatic heterocycles. The summed E-state index contributed by atoms with van der Waals surface area (Å²) in [4.78, 5) is 11.5. The topological polar surface area (TPSA) is 55.4 Å². The average Bonchev–Trinajstić information content (AvgIpc) is 2.38. The van der Waals surface area contributed by atoms with Crippen LogP contribution in [-0.4, -0.2) is 34.8 Å². The molecule has 4 nitrogen and oxygen atoms in total. The van der Waals surface area contributed by atoms with Gasteiger partial charge in [-0.15, -0.1) is 0 Å². The average molecular weight is 304 g/mol. The van der Waals surface area contributed by atoms with Gasteiger partial charge in [0.25, 0.3) is 0 Å². The largest absolute Gasteiger partial charge is 0.491 e. The minimum atomic E-state index is -0.929. The predicted molar refractivity (Wildman–Crippen MR) is 78.1 cm³/mol. The number of benzene rings is 1. The summed E-state index contributed by atoms with van der Waals surface area (Å²) in [6, 6.07) is 7.12. The molecule has 2 unspecified atom stereocenters. The molecule has 0 saturated carbocycles. The number of halogens is 1. The summed E-state index contributed by atoms with van der Waals surface area (Å²) in [5, 5.41) is 3.20. The molecule has 106 valence electrons. The van der Waals surface area contributed by atoms with E-state index in [0.717, 1.165) is 0 Å². The fraction of sp³-hybridized carbons (Fsp3) is 0.462. The van der Waals surface area contributed by atoms with Gasteiger partial charge in [-0.2, -0.15) is 0 Å². The monoisotopic (exact) mass is 303 g/mol. The Balaban J connectivity index is 2.24. The summed E-state index contributed by atoms with van der Waals surface area (Å²) in [6.45, 7) is 2.50.